The predicted octanol–water partition coefficient (Wildman–Crippen LogP) is 3.87. The van der Waals surface area contributed by atoms with Gasteiger partial charge in [0.15, 0.2) is 0 Å². The minimum absolute atomic E-state index is 0.0441. The Labute approximate surface area is 141 Å². The number of carbonyl (C=O) groups excluding carboxylic acids is 1. The van der Waals surface area contributed by atoms with Gasteiger partial charge >= 0.3 is 0 Å². The minimum Gasteiger partial charge on any atom is -0.300 e. The third-order valence-electron chi connectivity index (χ3n) is 4.10. The molecule has 3 atom stereocenters. The summed E-state index contributed by atoms with van der Waals surface area (Å²) in [6, 6.07) is 10.1. The molecule has 1 aromatic rings. The molecule has 0 N–H and O–H groups in total. The van der Waals surface area contributed by atoms with Crippen molar-refractivity contribution in [2.45, 2.75) is 39.7 Å². The molecule has 0 aromatic heterocycles. The van der Waals surface area contributed by atoms with Crippen LogP contribution in [0.3, 0.4) is 0 Å². The maximum absolute atomic E-state index is 12.9. The van der Waals surface area contributed by atoms with E-state index in [1.165, 1.54) is 0 Å². The number of rotatable bonds is 5. The summed E-state index contributed by atoms with van der Waals surface area (Å²) in [6.07, 6.45) is 3.32. The first-order chi connectivity index (χ1) is 11.0. The molecule has 1 aliphatic rings. The van der Waals surface area contributed by atoms with E-state index in [2.05, 4.69) is 24.6 Å². The maximum Gasteiger partial charge on any atom is 0.134 e. The lowest BCUT2D eigenvalue weighted by Gasteiger charge is -2.40. The number of hydrogen-bond acceptors (Lipinski definition) is 2. The first-order valence-corrected chi connectivity index (χ1v) is 10.1. The van der Waals surface area contributed by atoms with E-state index < -0.39 is 9.71 Å². The fraction of sp³-hybridized carbons (Fsp3) is 0.474. The van der Waals surface area contributed by atoms with E-state index in [0.29, 0.717) is 12.3 Å². The van der Waals surface area contributed by atoms with E-state index >= 15 is 0 Å². The molecule has 2 unspecified atom stereocenters. The molecule has 0 amide bonds. The monoisotopic (exact) mass is 335 g/mol. The van der Waals surface area contributed by atoms with Gasteiger partial charge in [0.05, 0.1) is 0 Å². The summed E-state index contributed by atoms with van der Waals surface area (Å²) in [5, 5.41) is 0. The second kappa shape index (κ2) is 9.04. The zero-order valence-electron chi connectivity index (χ0n) is 14.5. The second-order valence-electron chi connectivity index (χ2n) is 5.64. The molecule has 3 nitrogen and oxygen atoms in total. The molecular weight excluding hydrogens is 306 g/mol. The number of hydrogen-bond donors (Lipinski definition) is 0. The molecule has 0 radical (unpaired) electrons. The van der Waals surface area contributed by atoms with Gasteiger partial charge in [-0.05, 0) is 31.2 Å². The number of piperidine rings is 1. The van der Waals surface area contributed by atoms with Crippen molar-refractivity contribution in [3.8, 4) is 0 Å². The average Bonchev–Trinajstić information content (AvgIpc) is 2.57. The lowest BCUT2D eigenvalue weighted by atomic mass is 9.89. The molecule has 0 saturated carbocycles. The third-order valence-corrected chi connectivity index (χ3v) is 6.12. The van der Waals surface area contributed by atoms with Crippen LogP contribution in [0.15, 0.2) is 43.0 Å². The Hall–Kier alpha value is -1.39. The maximum atomic E-state index is 12.9. The Morgan fingerprint density at radius 1 is 1.30 bits per heavy atom. The van der Waals surface area contributed by atoms with Gasteiger partial charge in [-0.3, -0.25) is 9.00 Å². The molecule has 0 spiro atoms. The summed E-state index contributed by atoms with van der Waals surface area (Å²) in [5.74, 6) is 4.40. The Morgan fingerprint density at radius 3 is 2.43 bits per heavy atom. The third kappa shape index (κ3) is 5.05. The highest BCUT2D eigenvalue weighted by Crippen LogP contribution is 2.35. The van der Waals surface area contributed by atoms with Crippen molar-refractivity contribution in [2.24, 2.45) is 5.92 Å². The van der Waals surface area contributed by atoms with E-state index in [4.69, 9.17) is 0 Å². The van der Waals surface area contributed by atoms with Crippen molar-refractivity contribution in [2.75, 3.05) is 12.3 Å². The van der Waals surface area contributed by atoms with Gasteiger partial charge in [0.1, 0.15) is 5.78 Å². The Balaban J connectivity index is 0.00000127. The molecule has 1 aliphatic heterocycles. The molecule has 1 saturated heterocycles. The Bertz CT molecular complexity index is 608. The molecule has 1 aromatic carbocycles. The van der Waals surface area contributed by atoms with Gasteiger partial charge in [-0.15, -0.1) is 6.58 Å². The van der Waals surface area contributed by atoms with Gasteiger partial charge in [0, 0.05) is 34.0 Å². The molecule has 128 valence electrons. The smallest absolute Gasteiger partial charge is 0.134 e. The number of carbonyl (C=O) groups is 1. The van der Waals surface area contributed by atoms with Crippen molar-refractivity contribution in [3.05, 3.63) is 48.6 Å². The zero-order valence-corrected chi connectivity index (χ0v) is 15.3. The highest BCUT2D eigenvalue weighted by molar-refractivity contribution is 7.98. The standard InChI is InChI=1S/C17H23NO2S.C2H6/c1-4-12-21(3,20)18-13-16(14(2)19)10-11-17(18)15-8-6-5-7-9-15;1-2/h4-9,16-17H,1,3,10-13H2,2H3;1-2H3/t16?,17-,21?;/m1./s1. The Morgan fingerprint density at radius 2 is 1.91 bits per heavy atom. The van der Waals surface area contributed by atoms with Crippen molar-refractivity contribution in [1.29, 1.82) is 0 Å². The summed E-state index contributed by atoms with van der Waals surface area (Å²) in [5.41, 5.74) is 1.14. The van der Waals surface area contributed by atoms with Crippen LogP contribution in [-0.4, -0.2) is 32.5 Å². The topological polar surface area (TPSA) is 37.4 Å². The van der Waals surface area contributed by atoms with Crippen LogP contribution in [0, 0.1) is 5.92 Å². The molecule has 0 bridgehead atoms. The van der Waals surface area contributed by atoms with Crippen LogP contribution in [-0.2, 0) is 14.5 Å². The first-order valence-electron chi connectivity index (χ1n) is 8.23. The van der Waals surface area contributed by atoms with Crippen molar-refractivity contribution < 1.29 is 9.00 Å². The first kappa shape index (κ1) is 19.7. The lowest BCUT2D eigenvalue weighted by molar-refractivity contribution is -0.122. The van der Waals surface area contributed by atoms with Crippen LogP contribution >= 0.6 is 0 Å². The summed E-state index contributed by atoms with van der Waals surface area (Å²) in [6.45, 7) is 9.81. The molecular formula is C19H29NO2S. The summed E-state index contributed by atoms with van der Waals surface area (Å²) >= 11 is 0. The van der Waals surface area contributed by atoms with Gasteiger partial charge in [0.25, 0.3) is 0 Å². The van der Waals surface area contributed by atoms with Gasteiger partial charge in [-0.25, -0.2) is 4.31 Å². The van der Waals surface area contributed by atoms with Gasteiger partial charge in [0.2, 0.25) is 0 Å². The quantitative estimate of drug-likeness (QED) is 0.605. The number of benzene rings is 1. The largest absolute Gasteiger partial charge is 0.300 e. The van der Waals surface area contributed by atoms with Crippen molar-refractivity contribution in [1.82, 2.24) is 4.31 Å². The predicted molar refractivity (Wildman–Crippen MR) is 101 cm³/mol. The molecule has 4 heteroatoms. The lowest BCUT2D eigenvalue weighted by Crippen LogP contribution is -2.44. The van der Waals surface area contributed by atoms with E-state index in [0.717, 1.165) is 18.4 Å². The number of ketones is 1. The SMILES string of the molecule is C=CCS(=C)(=O)N1CC(C(C)=O)CC[C@@H]1c1ccccc1.CC. The van der Waals surface area contributed by atoms with Crippen molar-refractivity contribution >= 4 is 21.4 Å². The van der Waals surface area contributed by atoms with E-state index in [9.17, 15) is 9.00 Å². The van der Waals surface area contributed by atoms with Gasteiger partial charge < -0.3 is 0 Å². The minimum atomic E-state index is -2.43. The summed E-state index contributed by atoms with van der Waals surface area (Å²) in [7, 11) is -2.43. The van der Waals surface area contributed by atoms with Crippen LogP contribution in [0.5, 0.6) is 0 Å². The van der Waals surface area contributed by atoms with E-state index in [1.807, 2.05) is 36.4 Å². The summed E-state index contributed by atoms with van der Waals surface area (Å²) in [4.78, 5) is 11.7. The van der Waals surface area contributed by atoms with Crippen LogP contribution in [0.25, 0.3) is 0 Å². The average molecular weight is 336 g/mol. The Kier molecular flexibility index (Phi) is 7.73. The van der Waals surface area contributed by atoms with Crippen LogP contribution < -0.4 is 0 Å². The van der Waals surface area contributed by atoms with Gasteiger partial charge in [-0.1, -0.05) is 50.3 Å². The van der Waals surface area contributed by atoms with Crippen LogP contribution in [0.2, 0.25) is 0 Å². The number of nitrogens with zero attached hydrogens (tertiary/aromatic N) is 1. The molecule has 23 heavy (non-hydrogen) atoms. The van der Waals surface area contributed by atoms with Gasteiger partial charge in [-0.2, -0.15) is 0 Å². The van der Waals surface area contributed by atoms with Crippen LogP contribution in [0.4, 0.5) is 0 Å². The zero-order chi connectivity index (χ0) is 17.5. The fourth-order valence-corrected chi connectivity index (χ4v) is 4.63. The van der Waals surface area contributed by atoms with E-state index in [-0.39, 0.29) is 17.7 Å². The number of Topliss-reactive ketones (excluding diaryl/α,β-unsaturated/α-hetero) is 1. The fourth-order valence-electron chi connectivity index (χ4n) is 2.93. The molecule has 1 fully saturated rings. The molecule has 1 heterocycles. The van der Waals surface area contributed by atoms with Crippen molar-refractivity contribution in [3.63, 3.8) is 0 Å². The molecule has 2 rings (SSSR count). The van der Waals surface area contributed by atoms with Crippen LogP contribution in [0.1, 0.15) is 45.2 Å². The highest BCUT2D eigenvalue weighted by atomic mass is 32.2. The highest BCUT2D eigenvalue weighted by Gasteiger charge is 2.35. The van der Waals surface area contributed by atoms with E-state index in [1.54, 1.807) is 13.0 Å². The molecule has 0 aliphatic carbocycles. The second-order valence-corrected chi connectivity index (χ2v) is 7.99. The normalized spacial score (nSPS) is 24.0. The summed E-state index contributed by atoms with van der Waals surface area (Å²) < 4.78 is 14.9.